The van der Waals surface area contributed by atoms with Crippen LogP contribution in [0.2, 0.25) is 5.02 Å². The molecule has 0 spiro atoms. The summed E-state index contributed by atoms with van der Waals surface area (Å²) in [5.41, 5.74) is 2.26. The first-order valence-electron chi connectivity index (χ1n) is 9.80. The van der Waals surface area contributed by atoms with Crippen molar-refractivity contribution >= 4 is 17.5 Å². The molecule has 0 aliphatic rings. The van der Waals surface area contributed by atoms with Gasteiger partial charge in [-0.3, -0.25) is 4.79 Å². The molecule has 1 heterocycles. The molecule has 0 aliphatic carbocycles. The van der Waals surface area contributed by atoms with Gasteiger partial charge in [0.1, 0.15) is 0 Å². The zero-order valence-corrected chi connectivity index (χ0v) is 16.8. The largest absolute Gasteiger partial charge is 0.345 e. The van der Waals surface area contributed by atoms with E-state index in [-0.39, 0.29) is 5.91 Å². The molecule has 2 aromatic rings. The Kier molecular flexibility index (Phi) is 8.76. The SMILES string of the molecule is CCCCCC(=O)N(CCCC)Cc1cccn1Cc1ccccc1Cl. The molecule has 0 bridgehead atoms. The fourth-order valence-corrected chi connectivity index (χ4v) is 3.27. The molecular formula is C22H31ClN2O. The van der Waals surface area contributed by atoms with Crippen LogP contribution in [-0.2, 0) is 17.9 Å². The van der Waals surface area contributed by atoms with Crippen molar-refractivity contribution in [2.45, 2.75) is 65.5 Å². The number of halogens is 1. The van der Waals surface area contributed by atoms with E-state index >= 15 is 0 Å². The Labute approximate surface area is 163 Å². The van der Waals surface area contributed by atoms with Gasteiger partial charge in [0.05, 0.1) is 6.54 Å². The maximum atomic E-state index is 12.7. The predicted octanol–water partition coefficient (Wildman–Crippen LogP) is 5.90. The van der Waals surface area contributed by atoms with E-state index < -0.39 is 0 Å². The normalized spacial score (nSPS) is 10.9. The molecule has 26 heavy (non-hydrogen) atoms. The summed E-state index contributed by atoms with van der Waals surface area (Å²) >= 11 is 6.31. The number of carbonyl (C=O) groups excluding carboxylic acids is 1. The van der Waals surface area contributed by atoms with Crippen molar-refractivity contribution in [1.29, 1.82) is 0 Å². The van der Waals surface area contributed by atoms with Crippen LogP contribution in [0.5, 0.6) is 0 Å². The van der Waals surface area contributed by atoms with Gasteiger partial charge in [0.15, 0.2) is 0 Å². The van der Waals surface area contributed by atoms with Crippen molar-refractivity contribution in [3.63, 3.8) is 0 Å². The Hall–Kier alpha value is -1.74. The maximum Gasteiger partial charge on any atom is 0.222 e. The van der Waals surface area contributed by atoms with Crippen molar-refractivity contribution in [2.24, 2.45) is 0 Å². The van der Waals surface area contributed by atoms with Gasteiger partial charge in [0, 0.05) is 36.4 Å². The van der Waals surface area contributed by atoms with E-state index in [4.69, 9.17) is 11.6 Å². The third-order valence-electron chi connectivity index (χ3n) is 4.70. The van der Waals surface area contributed by atoms with E-state index in [0.717, 1.165) is 61.5 Å². The average Bonchev–Trinajstić information content (AvgIpc) is 3.07. The third kappa shape index (κ3) is 6.21. The average molecular weight is 375 g/mol. The number of nitrogens with zero attached hydrogens (tertiary/aromatic N) is 2. The maximum absolute atomic E-state index is 12.7. The Morgan fingerprint density at radius 1 is 1.04 bits per heavy atom. The molecule has 0 fully saturated rings. The summed E-state index contributed by atoms with van der Waals surface area (Å²) in [6.45, 7) is 6.57. The van der Waals surface area contributed by atoms with Gasteiger partial charge in [0.25, 0.3) is 0 Å². The molecule has 0 saturated heterocycles. The fourth-order valence-electron chi connectivity index (χ4n) is 3.08. The van der Waals surface area contributed by atoms with Crippen LogP contribution >= 0.6 is 11.6 Å². The number of unbranched alkanes of at least 4 members (excludes halogenated alkanes) is 3. The lowest BCUT2D eigenvalue weighted by atomic mass is 10.1. The molecule has 1 amide bonds. The second-order valence-electron chi connectivity index (χ2n) is 6.84. The second kappa shape index (κ2) is 11.1. The summed E-state index contributed by atoms with van der Waals surface area (Å²) in [5.74, 6) is 0.275. The lowest BCUT2D eigenvalue weighted by Gasteiger charge is -2.24. The number of aromatic nitrogens is 1. The highest BCUT2D eigenvalue weighted by Gasteiger charge is 2.15. The first kappa shape index (κ1) is 20.6. The van der Waals surface area contributed by atoms with Crippen LogP contribution in [0.3, 0.4) is 0 Å². The smallest absolute Gasteiger partial charge is 0.222 e. The van der Waals surface area contributed by atoms with Gasteiger partial charge in [-0.15, -0.1) is 0 Å². The molecule has 0 saturated carbocycles. The van der Waals surface area contributed by atoms with Crippen molar-refractivity contribution in [3.8, 4) is 0 Å². The molecule has 0 radical (unpaired) electrons. The molecule has 1 aromatic heterocycles. The molecule has 4 heteroatoms. The number of hydrogen-bond donors (Lipinski definition) is 0. The van der Waals surface area contributed by atoms with E-state index in [1.807, 2.05) is 29.2 Å². The van der Waals surface area contributed by atoms with E-state index in [9.17, 15) is 4.79 Å². The highest BCUT2D eigenvalue weighted by molar-refractivity contribution is 6.31. The quantitative estimate of drug-likeness (QED) is 0.449. The summed E-state index contributed by atoms with van der Waals surface area (Å²) in [6.07, 6.45) is 8.11. The van der Waals surface area contributed by atoms with Crippen LogP contribution in [0.15, 0.2) is 42.6 Å². The van der Waals surface area contributed by atoms with Crippen LogP contribution in [0.1, 0.15) is 63.6 Å². The first-order chi connectivity index (χ1) is 12.7. The molecule has 0 N–H and O–H groups in total. The highest BCUT2D eigenvalue weighted by atomic mass is 35.5. The summed E-state index contributed by atoms with van der Waals surface area (Å²) in [4.78, 5) is 14.7. The van der Waals surface area contributed by atoms with Gasteiger partial charge in [-0.05, 0) is 36.6 Å². The van der Waals surface area contributed by atoms with Crippen molar-refractivity contribution < 1.29 is 4.79 Å². The Bertz CT molecular complexity index is 680. The van der Waals surface area contributed by atoms with E-state index in [1.165, 1.54) is 0 Å². The summed E-state index contributed by atoms with van der Waals surface area (Å²) in [5, 5.41) is 0.783. The zero-order chi connectivity index (χ0) is 18.8. The molecule has 1 aromatic carbocycles. The fraction of sp³-hybridized carbons (Fsp3) is 0.500. The summed E-state index contributed by atoms with van der Waals surface area (Å²) in [7, 11) is 0. The van der Waals surface area contributed by atoms with Crippen LogP contribution in [0.25, 0.3) is 0 Å². The van der Waals surface area contributed by atoms with Crippen molar-refractivity contribution in [2.75, 3.05) is 6.54 Å². The van der Waals surface area contributed by atoms with Crippen LogP contribution in [0.4, 0.5) is 0 Å². The van der Waals surface area contributed by atoms with Gasteiger partial charge in [-0.1, -0.05) is 62.9 Å². The van der Waals surface area contributed by atoms with E-state index in [2.05, 4.69) is 36.7 Å². The number of hydrogen-bond acceptors (Lipinski definition) is 1. The lowest BCUT2D eigenvalue weighted by molar-refractivity contribution is -0.132. The topological polar surface area (TPSA) is 25.2 Å². The minimum absolute atomic E-state index is 0.275. The van der Waals surface area contributed by atoms with Gasteiger partial charge < -0.3 is 9.47 Å². The number of benzene rings is 1. The molecule has 2 rings (SSSR count). The van der Waals surface area contributed by atoms with Gasteiger partial charge in [-0.25, -0.2) is 0 Å². The predicted molar refractivity (Wildman–Crippen MR) is 109 cm³/mol. The zero-order valence-electron chi connectivity index (χ0n) is 16.1. The summed E-state index contributed by atoms with van der Waals surface area (Å²) in [6, 6.07) is 12.1. The standard InChI is InChI=1S/C22H31ClN2O/c1-3-5-7-14-22(26)25(15-6-4-2)18-20-12-10-16-24(20)17-19-11-8-9-13-21(19)23/h8-13,16H,3-7,14-15,17-18H2,1-2H3. The van der Waals surface area contributed by atoms with Gasteiger partial charge in [0.2, 0.25) is 5.91 Å². The molecule has 0 atom stereocenters. The van der Waals surface area contributed by atoms with Crippen molar-refractivity contribution in [1.82, 2.24) is 9.47 Å². The third-order valence-corrected chi connectivity index (χ3v) is 5.07. The molecular weight excluding hydrogens is 344 g/mol. The summed E-state index contributed by atoms with van der Waals surface area (Å²) < 4.78 is 2.19. The lowest BCUT2D eigenvalue weighted by Crippen LogP contribution is -2.32. The van der Waals surface area contributed by atoms with Crippen LogP contribution < -0.4 is 0 Å². The first-order valence-corrected chi connectivity index (χ1v) is 10.2. The Morgan fingerprint density at radius 3 is 2.54 bits per heavy atom. The monoisotopic (exact) mass is 374 g/mol. The minimum Gasteiger partial charge on any atom is -0.345 e. The Morgan fingerprint density at radius 2 is 1.81 bits per heavy atom. The second-order valence-corrected chi connectivity index (χ2v) is 7.25. The molecule has 0 unspecified atom stereocenters. The highest BCUT2D eigenvalue weighted by Crippen LogP contribution is 2.18. The van der Waals surface area contributed by atoms with E-state index in [1.54, 1.807) is 0 Å². The van der Waals surface area contributed by atoms with E-state index in [0.29, 0.717) is 13.0 Å². The number of amides is 1. The van der Waals surface area contributed by atoms with Crippen molar-refractivity contribution in [3.05, 3.63) is 58.9 Å². The van der Waals surface area contributed by atoms with Gasteiger partial charge >= 0.3 is 0 Å². The number of rotatable bonds is 11. The van der Waals surface area contributed by atoms with Gasteiger partial charge in [-0.2, -0.15) is 0 Å². The number of carbonyl (C=O) groups is 1. The van der Waals surface area contributed by atoms with Crippen LogP contribution in [0, 0.1) is 0 Å². The Balaban J connectivity index is 2.07. The molecule has 3 nitrogen and oxygen atoms in total. The minimum atomic E-state index is 0.275. The molecule has 0 aliphatic heterocycles. The van der Waals surface area contributed by atoms with Crippen LogP contribution in [-0.4, -0.2) is 21.9 Å². The molecule has 142 valence electrons.